The summed E-state index contributed by atoms with van der Waals surface area (Å²) in [6.07, 6.45) is 5.30. The van der Waals surface area contributed by atoms with E-state index in [2.05, 4.69) is 41.9 Å². The molecule has 2 aliphatic rings. The molecule has 148 valence electrons. The first-order chi connectivity index (χ1) is 13.4. The van der Waals surface area contributed by atoms with E-state index in [9.17, 15) is 0 Å². The fourth-order valence-electron chi connectivity index (χ4n) is 4.87. The molecule has 2 aliphatic heterocycles. The molecule has 2 atom stereocenters. The van der Waals surface area contributed by atoms with Gasteiger partial charge in [-0.15, -0.1) is 11.3 Å². The third-order valence-corrected chi connectivity index (χ3v) is 7.33. The molecule has 4 rings (SSSR count). The van der Waals surface area contributed by atoms with Gasteiger partial charge in [-0.05, 0) is 43.5 Å². The predicted molar refractivity (Wildman–Crippen MR) is 112 cm³/mol. The van der Waals surface area contributed by atoms with Gasteiger partial charge in [-0.3, -0.25) is 4.90 Å². The van der Waals surface area contributed by atoms with Gasteiger partial charge in [0.2, 0.25) is 0 Å². The second-order valence-corrected chi connectivity index (χ2v) is 10.6. The van der Waals surface area contributed by atoms with Crippen LogP contribution in [0, 0.1) is 22.2 Å². The summed E-state index contributed by atoms with van der Waals surface area (Å²) < 4.78 is 6.91. The van der Waals surface area contributed by atoms with Crippen molar-refractivity contribution in [2.75, 3.05) is 19.7 Å². The van der Waals surface area contributed by atoms with Crippen molar-refractivity contribution in [3.8, 4) is 6.07 Å². The highest BCUT2D eigenvalue weighted by Crippen LogP contribution is 2.51. The Hall–Kier alpha value is -1.45. The number of nitrogens with zero attached hydrogens (tertiary/aromatic N) is 3. The van der Waals surface area contributed by atoms with Gasteiger partial charge in [0, 0.05) is 17.4 Å². The maximum atomic E-state index is 9.01. The van der Waals surface area contributed by atoms with Gasteiger partial charge in [-0.1, -0.05) is 37.6 Å². The first-order valence-electron chi connectivity index (χ1n) is 9.83. The van der Waals surface area contributed by atoms with Gasteiger partial charge in [-0.25, -0.2) is 4.98 Å². The van der Waals surface area contributed by atoms with Crippen LogP contribution in [-0.4, -0.2) is 35.7 Å². The van der Waals surface area contributed by atoms with Crippen LogP contribution in [0.3, 0.4) is 0 Å². The van der Waals surface area contributed by atoms with Crippen molar-refractivity contribution in [1.29, 1.82) is 5.26 Å². The van der Waals surface area contributed by atoms with Crippen molar-refractivity contribution in [2.24, 2.45) is 10.8 Å². The van der Waals surface area contributed by atoms with Crippen LogP contribution < -0.4 is 0 Å². The zero-order chi connectivity index (χ0) is 19.8. The minimum atomic E-state index is 0.163. The van der Waals surface area contributed by atoms with Crippen LogP contribution in [0.1, 0.15) is 42.8 Å². The van der Waals surface area contributed by atoms with Gasteiger partial charge >= 0.3 is 0 Å². The molecule has 0 aliphatic carbocycles. The minimum absolute atomic E-state index is 0.163. The molecule has 28 heavy (non-hydrogen) atoms. The van der Waals surface area contributed by atoms with Gasteiger partial charge in [0.25, 0.3) is 0 Å². The van der Waals surface area contributed by atoms with Crippen molar-refractivity contribution in [2.45, 2.75) is 45.8 Å². The third kappa shape index (κ3) is 3.97. The number of nitriles is 1. The number of benzene rings is 1. The Kier molecular flexibility index (Phi) is 5.50. The molecule has 0 amide bonds. The minimum Gasteiger partial charge on any atom is -0.376 e. The summed E-state index contributed by atoms with van der Waals surface area (Å²) in [4.78, 5) is 6.94. The highest BCUT2D eigenvalue weighted by atomic mass is 35.5. The Morgan fingerprint density at radius 1 is 1.36 bits per heavy atom. The van der Waals surface area contributed by atoms with Gasteiger partial charge in [0.05, 0.1) is 37.1 Å². The summed E-state index contributed by atoms with van der Waals surface area (Å²) in [5, 5.41) is 10.1. The van der Waals surface area contributed by atoms with Crippen LogP contribution in [0.5, 0.6) is 0 Å². The summed E-state index contributed by atoms with van der Waals surface area (Å²) in [6.45, 7) is 8.47. The summed E-state index contributed by atoms with van der Waals surface area (Å²) in [5.74, 6) is 0. The van der Waals surface area contributed by atoms with E-state index in [-0.39, 0.29) is 10.8 Å². The Morgan fingerprint density at radius 2 is 2.14 bits per heavy atom. The van der Waals surface area contributed by atoms with Crippen LogP contribution in [0.2, 0.25) is 4.34 Å². The molecule has 1 aromatic carbocycles. The lowest BCUT2D eigenvalue weighted by Gasteiger charge is -2.54. The highest BCUT2D eigenvalue weighted by Gasteiger charge is 2.55. The number of aromatic nitrogens is 1. The average molecular weight is 416 g/mol. The summed E-state index contributed by atoms with van der Waals surface area (Å²) in [5.41, 5.74) is 2.40. The number of thiazole rings is 1. The number of hydrogen-bond donors (Lipinski definition) is 0. The van der Waals surface area contributed by atoms with Crippen molar-refractivity contribution >= 4 is 22.9 Å². The fraction of sp³-hybridized carbons (Fsp3) is 0.545. The molecule has 2 fully saturated rings. The number of hydrogen-bond acceptors (Lipinski definition) is 5. The molecule has 0 spiro atoms. The van der Waals surface area contributed by atoms with Gasteiger partial charge in [0.15, 0.2) is 0 Å². The van der Waals surface area contributed by atoms with E-state index in [0.717, 1.165) is 60.4 Å². The summed E-state index contributed by atoms with van der Waals surface area (Å²) in [6, 6.07) is 10.2. The molecule has 0 N–H and O–H groups in total. The van der Waals surface area contributed by atoms with E-state index >= 15 is 0 Å². The van der Waals surface area contributed by atoms with Crippen LogP contribution in [0.25, 0.3) is 0 Å². The van der Waals surface area contributed by atoms with E-state index in [4.69, 9.17) is 21.6 Å². The molecule has 0 unspecified atom stereocenters. The van der Waals surface area contributed by atoms with Crippen molar-refractivity contribution in [3.63, 3.8) is 0 Å². The lowest BCUT2D eigenvalue weighted by molar-refractivity contribution is -0.223. The summed E-state index contributed by atoms with van der Waals surface area (Å²) in [7, 11) is 0. The standard InChI is InChI=1S/C22H26ClN3OS/c1-21(2)15-27-20(21)22(8-7-16-3-5-17(11-24)6-4-16)9-10-26(14-22)13-19-25-12-18(23)28-19/h3-6,12,20H,7-10,13-15H2,1-2H3/t20-,22+/m0/s1. The average Bonchev–Trinajstić information content (AvgIpc) is 3.26. The Balaban J connectivity index is 1.48. The fourth-order valence-corrected chi connectivity index (χ4v) is 5.86. The molecular weight excluding hydrogens is 390 g/mol. The number of rotatable bonds is 6. The van der Waals surface area contributed by atoms with Crippen LogP contribution in [-0.2, 0) is 17.7 Å². The molecule has 2 saturated heterocycles. The monoisotopic (exact) mass is 415 g/mol. The molecule has 4 nitrogen and oxygen atoms in total. The maximum Gasteiger partial charge on any atom is 0.113 e. The molecule has 2 aromatic rings. The Morgan fingerprint density at radius 3 is 2.71 bits per heavy atom. The quantitative estimate of drug-likeness (QED) is 0.671. The molecule has 0 saturated carbocycles. The Labute approximate surface area is 176 Å². The van der Waals surface area contributed by atoms with E-state index in [1.54, 1.807) is 17.5 Å². The number of aryl methyl sites for hydroxylation is 1. The molecule has 3 heterocycles. The van der Waals surface area contributed by atoms with Crippen molar-refractivity contribution < 1.29 is 4.74 Å². The predicted octanol–water partition coefficient (Wildman–Crippen LogP) is 4.92. The first-order valence-corrected chi connectivity index (χ1v) is 11.0. The van der Waals surface area contributed by atoms with Crippen molar-refractivity contribution in [3.05, 3.63) is 50.9 Å². The smallest absolute Gasteiger partial charge is 0.113 e. The lowest BCUT2D eigenvalue weighted by atomic mass is 9.64. The third-order valence-electron chi connectivity index (χ3n) is 6.23. The topological polar surface area (TPSA) is 49.1 Å². The normalized spacial score (nSPS) is 26.7. The van der Waals surface area contributed by atoms with E-state index in [1.807, 2.05) is 12.1 Å². The molecule has 6 heteroatoms. The first kappa shape index (κ1) is 19.8. The van der Waals surface area contributed by atoms with E-state index in [0.29, 0.717) is 6.10 Å². The number of likely N-dealkylation sites (tertiary alicyclic amines) is 1. The highest BCUT2D eigenvalue weighted by molar-refractivity contribution is 7.15. The SMILES string of the molecule is CC1(C)CO[C@@H]1[C@]1(CCc2ccc(C#N)cc2)CCN(Cc2ncc(Cl)s2)C1. The number of ether oxygens (including phenoxy) is 1. The largest absolute Gasteiger partial charge is 0.376 e. The molecule has 1 aromatic heterocycles. The van der Waals surface area contributed by atoms with Gasteiger partial charge in [-0.2, -0.15) is 5.26 Å². The van der Waals surface area contributed by atoms with Crippen LogP contribution in [0.4, 0.5) is 0 Å². The van der Waals surface area contributed by atoms with Crippen molar-refractivity contribution in [1.82, 2.24) is 9.88 Å². The zero-order valence-corrected chi connectivity index (χ0v) is 18.0. The molecule has 0 bridgehead atoms. The van der Waals surface area contributed by atoms with Gasteiger partial charge < -0.3 is 4.74 Å². The second-order valence-electron chi connectivity index (χ2n) is 8.87. The van der Waals surface area contributed by atoms with Crippen LogP contribution >= 0.6 is 22.9 Å². The second kappa shape index (κ2) is 7.76. The molecule has 0 radical (unpaired) electrons. The zero-order valence-electron chi connectivity index (χ0n) is 16.4. The lowest BCUT2D eigenvalue weighted by Crippen LogP contribution is -2.58. The summed E-state index contributed by atoms with van der Waals surface area (Å²) >= 11 is 7.63. The maximum absolute atomic E-state index is 9.01. The van der Waals surface area contributed by atoms with Gasteiger partial charge in [0.1, 0.15) is 9.34 Å². The molecular formula is C22H26ClN3OS. The number of halogens is 1. The van der Waals surface area contributed by atoms with E-state index < -0.39 is 0 Å². The van der Waals surface area contributed by atoms with Crippen LogP contribution in [0.15, 0.2) is 30.5 Å². The Bertz CT molecular complexity index is 873. The van der Waals surface area contributed by atoms with E-state index in [1.165, 1.54) is 5.56 Å².